The Morgan fingerprint density at radius 2 is 1.91 bits per heavy atom. The number of nitrogens with zero attached hydrogens (tertiary/aromatic N) is 5. The van der Waals surface area contributed by atoms with Crippen LogP contribution in [0.5, 0.6) is 0 Å². The number of aromatic nitrogens is 2. The molecular formula is C22H29N5O5. The third kappa shape index (κ3) is 5.18. The molecule has 4 rings (SSSR count). The lowest BCUT2D eigenvalue weighted by atomic mass is 10.2. The normalized spacial score (nSPS) is 19.5. The molecule has 1 atom stereocenters. The van der Waals surface area contributed by atoms with Crippen LogP contribution < -0.4 is 4.90 Å². The molecule has 0 saturated carbocycles. The number of hydrogen-bond acceptors (Lipinski definition) is 8. The molecule has 0 radical (unpaired) electrons. The molecule has 2 fully saturated rings. The molecular weight excluding hydrogens is 414 g/mol. The summed E-state index contributed by atoms with van der Waals surface area (Å²) in [5.74, 6) is 1.34. The van der Waals surface area contributed by atoms with Crippen molar-refractivity contribution in [1.29, 1.82) is 0 Å². The molecule has 0 aliphatic carbocycles. The summed E-state index contributed by atoms with van der Waals surface area (Å²) >= 11 is 0. The molecule has 2 aromatic rings. The van der Waals surface area contributed by atoms with Gasteiger partial charge in [-0.05, 0) is 30.2 Å². The van der Waals surface area contributed by atoms with E-state index in [-0.39, 0.29) is 18.3 Å². The Morgan fingerprint density at radius 1 is 1.19 bits per heavy atom. The van der Waals surface area contributed by atoms with Gasteiger partial charge in [0.1, 0.15) is 6.10 Å². The average molecular weight is 444 g/mol. The van der Waals surface area contributed by atoms with E-state index in [9.17, 15) is 9.59 Å². The Labute approximate surface area is 187 Å². The van der Waals surface area contributed by atoms with Gasteiger partial charge in [-0.25, -0.2) is 9.59 Å². The monoisotopic (exact) mass is 443 g/mol. The molecule has 10 nitrogen and oxygen atoms in total. The predicted molar refractivity (Wildman–Crippen MR) is 116 cm³/mol. The molecule has 10 heteroatoms. The SMILES string of the molecule is Cc1nc(-c2ccc(N3CC(CN4CCN(C(=O)OCC(C)C)CC4)OC3=O)cc2)no1. The zero-order valence-corrected chi connectivity index (χ0v) is 18.7. The second-order valence-electron chi connectivity index (χ2n) is 8.56. The maximum atomic E-state index is 12.4. The Hall–Kier alpha value is -3.14. The van der Waals surface area contributed by atoms with E-state index in [0.29, 0.717) is 50.4 Å². The average Bonchev–Trinajstić information content (AvgIpc) is 3.38. The summed E-state index contributed by atoms with van der Waals surface area (Å²) in [6, 6.07) is 7.42. The summed E-state index contributed by atoms with van der Waals surface area (Å²) in [6.07, 6.45) is -0.827. The molecule has 2 amide bonds. The maximum absolute atomic E-state index is 12.4. The molecule has 2 aliphatic rings. The van der Waals surface area contributed by atoms with Crippen molar-refractivity contribution in [3.8, 4) is 11.4 Å². The number of aryl methyl sites for hydroxylation is 1. The highest BCUT2D eigenvalue weighted by atomic mass is 16.6. The first-order chi connectivity index (χ1) is 15.4. The van der Waals surface area contributed by atoms with Crippen LogP contribution in [0.4, 0.5) is 15.3 Å². The van der Waals surface area contributed by atoms with Crippen LogP contribution >= 0.6 is 0 Å². The number of anilines is 1. The lowest BCUT2D eigenvalue weighted by Crippen LogP contribution is -2.51. The molecule has 1 aromatic heterocycles. The maximum Gasteiger partial charge on any atom is 0.414 e. The molecule has 32 heavy (non-hydrogen) atoms. The van der Waals surface area contributed by atoms with E-state index in [1.807, 2.05) is 38.1 Å². The Morgan fingerprint density at radius 3 is 2.53 bits per heavy atom. The summed E-state index contributed by atoms with van der Waals surface area (Å²) in [5.41, 5.74) is 1.58. The van der Waals surface area contributed by atoms with Gasteiger partial charge >= 0.3 is 12.2 Å². The van der Waals surface area contributed by atoms with Gasteiger partial charge in [0.15, 0.2) is 0 Å². The molecule has 1 unspecified atom stereocenters. The van der Waals surface area contributed by atoms with Gasteiger partial charge in [0.05, 0.1) is 13.2 Å². The lowest BCUT2D eigenvalue weighted by molar-refractivity contribution is 0.0552. The molecule has 0 bridgehead atoms. The van der Waals surface area contributed by atoms with Gasteiger partial charge in [0.25, 0.3) is 0 Å². The van der Waals surface area contributed by atoms with Crippen LogP contribution in [0.2, 0.25) is 0 Å². The Bertz CT molecular complexity index is 936. The minimum absolute atomic E-state index is 0.221. The minimum atomic E-state index is -0.353. The van der Waals surface area contributed by atoms with Crippen LogP contribution in [-0.2, 0) is 9.47 Å². The van der Waals surface area contributed by atoms with E-state index in [2.05, 4.69) is 15.0 Å². The fourth-order valence-corrected chi connectivity index (χ4v) is 3.76. The third-order valence-electron chi connectivity index (χ3n) is 5.47. The van der Waals surface area contributed by atoms with Crippen molar-refractivity contribution in [2.24, 2.45) is 5.92 Å². The first-order valence-electron chi connectivity index (χ1n) is 10.9. The van der Waals surface area contributed by atoms with Gasteiger partial charge < -0.3 is 18.9 Å². The second kappa shape index (κ2) is 9.56. The first-order valence-corrected chi connectivity index (χ1v) is 10.9. The van der Waals surface area contributed by atoms with E-state index in [1.165, 1.54) is 0 Å². The van der Waals surface area contributed by atoms with Crippen LogP contribution in [0.1, 0.15) is 19.7 Å². The number of amides is 2. The molecule has 0 N–H and O–H groups in total. The highest BCUT2D eigenvalue weighted by molar-refractivity contribution is 5.90. The fourth-order valence-electron chi connectivity index (χ4n) is 3.76. The number of benzene rings is 1. The quantitative estimate of drug-likeness (QED) is 0.672. The summed E-state index contributed by atoms with van der Waals surface area (Å²) in [7, 11) is 0. The predicted octanol–water partition coefficient (Wildman–Crippen LogP) is 2.78. The largest absolute Gasteiger partial charge is 0.449 e. The summed E-state index contributed by atoms with van der Waals surface area (Å²) in [5, 5.41) is 3.91. The number of rotatable bonds is 6. The van der Waals surface area contributed by atoms with Crippen molar-refractivity contribution < 1.29 is 23.6 Å². The van der Waals surface area contributed by atoms with Crippen LogP contribution in [-0.4, -0.2) is 84.1 Å². The minimum Gasteiger partial charge on any atom is -0.449 e. The third-order valence-corrected chi connectivity index (χ3v) is 5.47. The van der Waals surface area contributed by atoms with E-state index in [1.54, 1.807) is 16.7 Å². The fraction of sp³-hybridized carbons (Fsp3) is 0.545. The van der Waals surface area contributed by atoms with Crippen LogP contribution in [0, 0.1) is 12.8 Å². The van der Waals surface area contributed by atoms with Crippen LogP contribution in [0.25, 0.3) is 11.4 Å². The zero-order chi connectivity index (χ0) is 22.7. The van der Waals surface area contributed by atoms with Crippen molar-refractivity contribution in [3.05, 3.63) is 30.2 Å². The van der Waals surface area contributed by atoms with Gasteiger partial charge in [-0.2, -0.15) is 4.98 Å². The molecule has 0 spiro atoms. The number of cyclic esters (lactones) is 1. The van der Waals surface area contributed by atoms with Gasteiger partial charge in [-0.15, -0.1) is 0 Å². The summed E-state index contributed by atoms with van der Waals surface area (Å²) in [6.45, 7) is 9.99. The highest BCUT2D eigenvalue weighted by Crippen LogP contribution is 2.25. The van der Waals surface area contributed by atoms with Crippen molar-refractivity contribution in [3.63, 3.8) is 0 Å². The van der Waals surface area contributed by atoms with E-state index < -0.39 is 0 Å². The van der Waals surface area contributed by atoms with Crippen molar-refractivity contribution in [2.75, 3.05) is 50.8 Å². The zero-order valence-electron chi connectivity index (χ0n) is 18.7. The smallest absolute Gasteiger partial charge is 0.414 e. The molecule has 172 valence electrons. The van der Waals surface area contributed by atoms with Crippen molar-refractivity contribution >= 4 is 17.9 Å². The first kappa shape index (κ1) is 22.1. The topological polar surface area (TPSA) is 101 Å². The van der Waals surface area contributed by atoms with E-state index >= 15 is 0 Å². The van der Waals surface area contributed by atoms with Crippen LogP contribution in [0.3, 0.4) is 0 Å². The standard InChI is InChI=1S/C22H29N5O5/c1-15(2)14-30-21(28)26-10-8-25(9-11-26)12-19-13-27(22(29)31-19)18-6-4-17(5-7-18)20-23-16(3)32-24-20/h4-7,15,19H,8-14H2,1-3H3. The highest BCUT2D eigenvalue weighted by Gasteiger charge is 2.34. The summed E-state index contributed by atoms with van der Waals surface area (Å²) < 4.78 is 15.9. The Kier molecular flexibility index (Phi) is 6.59. The number of ether oxygens (including phenoxy) is 2. The Balaban J connectivity index is 1.27. The van der Waals surface area contributed by atoms with E-state index in [0.717, 1.165) is 24.3 Å². The molecule has 2 aliphatic heterocycles. The van der Waals surface area contributed by atoms with Gasteiger partial charge in [-0.3, -0.25) is 9.80 Å². The van der Waals surface area contributed by atoms with Gasteiger partial charge in [-0.1, -0.05) is 19.0 Å². The van der Waals surface area contributed by atoms with Crippen molar-refractivity contribution in [1.82, 2.24) is 19.9 Å². The van der Waals surface area contributed by atoms with Crippen LogP contribution in [0.15, 0.2) is 28.8 Å². The van der Waals surface area contributed by atoms with Gasteiger partial charge in [0, 0.05) is 50.9 Å². The molecule has 3 heterocycles. The number of carbonyl (C=O) groups is 2. The lowest BCUT2D eigenvalue weighted by Gasteiger charge is -2.34. The van der Waals surface area contributed by atoms with E-state index in [4.69, 9.17) is 14.0 Å². The van der Waals surface area contributed by atoms with Crippen molar-refractivity contribution in [2.45, 2.75) is 26.9 Å². The number of piperazine rings is 1. The van der Waals surface area contributed by atoms with Gasteiger partial charge in [0.2, 0.25) is 11.7 Å². The number of carbonyl (C=O) groups excluding carboxylic acids is 2. The molecule has 1 aromatic carbocycles. The summed E-state index contributed by atoms with van der Waals surface area (Å²) in [4.78, 5) is 34.3. The number of hydrogen-bond donors (Lipinski definition) is 0. The molecule has 2 saturated heterocycles. The second-order valence-corrected chi connectivity index (χ2v) is 8.56.